The molecule has 0 N–H and O–H groups in total. The summed E-state index contributed by atoms with van der Waals surface area (Å²) in [4.78, 5) is 0. The van der Waals surface area contributed by atoms with Crippen molar-refractivity contribution in [3.63, 3.8) is 0 Å². The van der Waals surface area contributed by atoms with Gasteiger partial charge in [0.05, 0.1) is 13.2 Å². The number of rotatable bonds is 5. The molecule has 0 radical (unpaired) electrons. The Labute approximate surface area is 173 Å². The number of halogens is 3. The Morgan fingerprint density at radius 3 is 2.10 bits per heavy atom. The van der Waals surface area contributed by atoms with Crippen molar-refractivity contribution in [2.24, 2.45) is 0 Å². The Bertz CT molecular complexity index is 1050. The predicted molar refractivity (Wildman–Crippen MR) is 111 cm³/mol. The monoisotopic (exact) mass is 410 g/mol. The van der Waals surface area contributed by atoms with Gasteiger partial charge in [-0.15, -0.1) is 6.58 Å². The molecule has 4 rings (SSSR count). The minimum absolute atomic E-state index is 0.00612. The summed E-state index contributed by atoms with van der Waals surface area (Å²) >= 11 is 0. The van der Waals surface area contributed by atoms with Gasteiger partial charge in [-0.1, -0.05) is 54.6 Å². The molecule has 1 fully saturated rings. The molecule has 2 nitrogen and oxygen atoms in total. The highest BCUT2D eigenvalue weighted by molar-refractivity contribution is 5.71. The molecule has 0 spiro atoms. The van der Waals surface area contributed by atoms with E-state index in [1.54, 1.807) is 42.5 Å². The van der Waals surface area contributed by atoms with Crippen LogP contribution < -0.4 is 0 Å². The van der Waals surface area contributed by atoms with Crippen molar-refractivity contribution in [2.75, 3.05) is 20.0 Å². The fraction of sp³-hybridized carbons (Fsp3) is 0.200. The lowest BCUT2D eigenvalue weighted by Gasteiger charge is -2.23. The molecule has 0 aliphatic carbocycles. The fourth-order valence-corrected chi connectivity index (χ4v) is 3.65. The summed E-state index contributed by atoms with van der Waals surface area (Å²) in [6, 6.07) is 14.9. The van der Waals surface area contributed by atoms with Gasteiger partial charge >= 0.3 is 0 Å². The molecule has 154 valence electrons. The van der Waals surface area contributed by atoms with E-state index >= 15 is 0 Å². The van der Waals surface area contributed by atoms with E-state index in [9.17, 15) is 13.2 Å². The van der Waals surface area contributed by atoms with E-state index < -0.39 is 11.6 Å². The number of allylic oxidation sites excluding steroid dienone is 1. The van der Waals surface area contributed by atoms with Gasteiger partial charge in [-0.25, -0.2) is 13.2 Å². The zero-order chi connectivity index (χ0) is 21.1. The van der Waals surface area contributed by atoms with Crippen molar-refractivity contribution < 1.29 is 22.6 Å². The maximum atomic E-state index is 14.7. The fourth-order valence-electron chi connectivity index (χ4n) is 3.65. The van der Waals surface area contributed by atoms with Crippen LogP contribution in [0.2, 0.25) is 0 Å². The highest BCUT2D eigenvalue weighted by Crippen LogP contribution is 2.31. The summed E-state index contributed by atoms with van der Waals surface area (Å²) in [5, 5.41) is 0. The summed E-state index contributed by atoms with van der Waals surface area (Å²) in [6.45, 7) is 4.82. The Morgan fingerprint density at radius 2 is 1.47 bits per heavy atom. The third-order valence-electron chi connectivity index (χ3n) is 5.30. The first-order valence-corrected chi connectivity index (χ1v) is 9.72. The van der Waals surface area contributed by atoms with Gasteiger partial charge in [0, 0.05) is 17.0 Å². The van der Waals surface area contributed by atoms with Gasteiger partial charge in [-0.3, -0.25) is 0 Å². The van der Waals surface area contributed by atoms with Crippen LogP contribution in [0.4, 0.5) is 13.2 Å². The quantitative estimate of drug-likeness (QED) is 0.463. The minimum Gasteiger partial charge on any atom is -0.355 e. The molecule has 30 heavy (non-hydrogen) atoms. The van der Waals surface area contributed by atoms with E-state index in [0.717, 1.165) is 5.56 Å². The lowest BCUT2D eigenvalue weighted by Crippen LogP contribution is -2.22. The van der Waals surface area contributed by atoms with Crippen LogP contribution in [-0.2, 0) is 15.9 Å². The van der Waals surface area contributed by atoms with Crippen LogP contribution in [0.15, 0.2) is 67.3 Å². The third-order valence-corrected chi connectivity index (χ3v) is 5.30. The summed E-state index contributed by atoms with van der Waals surface area (Å²) in [6.07, 6.45) is 1.79. The maximum absolute atomic E-state index is 14.7. The van der Waals surface area contributed by atoms with Crippen molar-refractivity contribution in [1.82, 2.24) is 0 Å². The predicted octanol–water partition coefficient (Wildman–Crippen LogP) is 6.25. The van der Waals surface area contributed by atoms with Crippen LogP contribution in [0.5, 0.6) is 0 Å². The SMILES string of the molecule is C=CCc1ccc(-c2ccc(-c3ccc(C4COCOC4)cc3F)cc2)c(F)c1F. The molecule has 1 aliphatic heterocycles. The molecule has 0 amide bonds. The van der Waals surface area contributed by atoms with Crippen molar-refractivity contribution >= 4 is 0 Å². The molecular weight excluding hydrogens is 389 g/mol. The summed E-state index contributed by atoms with van der Waals surface area (Å²) < 4.78 is 54.0. The zero-order valence-electron chi connectivity index (χ0n) is 16.3. The van der Waals surface area contributed by atoms with Crippen molar-refractivity contribution in [2.45, 2.75) is 12.3 Å². The topological polar surface area (TPSA) is 18.5 Å². The number of hydrogen-bond donors (Lipinski definition) is 0. The van der Waals surface area contributed by atoms with E-state index in [4.69, 9.17) is 9.47 Å². The van der Waals surface area contributed by atoms with Gasteiger partial charge in [0.15, 0.2) is 11.6 Å². The van der Waals surface area contributed by atoms with Crippen molar-refractivity contribution in [3.8, 4) is 22.3 Å². The molecule has 1 saturated heterocycles. The zero-order valence-corrected chi connectivity index (χ0v) is 16.3. The Hall–Kier alpha value is -2.89. The standard InChI is InChI=1S/C25H21F3O2/c1-2-3-18-8-11-22(25(28)24(18)27)17-6-4-16(5-7-17)21-10-9-19(12-23(21)26)20-13-29-15-30-14-20/h2,4-12,20H,1,3,13-15H2. The van der Waals surface area contributed by atoms with E-state index in [1.165, 1.54) is 12.1 Å². The van der Waals surface area contributed by atoms with E-state index in [1.807, 2.05) is 6.07 Å². The van der Waals surface area contributed by atoms with Crippen LogP contribution in [-0.4, -0.2) is 20.0 Å². The first-order chi connectivity index (χ1) is 14.6. The van der Waals surface area contributed by atoms with Gasteiger partial charge in [0.2, 0.25) is 0 Å². The van der Waals surface area contributed by atoms with Gasteiger partial charge in [0.1, 0.15) is 12.6 Å². The number of hydrogen-bond acceptors (Lipinski definition) is 2. The van der Waals surface area contributed by atoms with E-state index in [-0.39, 0.29) is 36.1 Å². The Balaban J connectivity index is 1.59. The Morgan fingerprint density at radius 1 is 0.833 bits per heavy atom. The summed E-state index contributed by atoms with van der Waals surface area (Å²) in [5.74, 6) is -2.10. The Kier molecular flexibility index (Phi) is 6.02. The minimum atomic E-state index is -0.894. The van der Waals surface area contributed by atoms with Crippen molar-refractivity contribution in [3.05, 3.63) is 95.8 Å². The molecule has 0 atom stereocenters. The smallest absolute Gasteiger partial charge is 0.166 e. The second-order valence-corrected chi connectivity index (χ2v) is 7.27. The second-order valence-electron chi connectivity index (χ2n) is 7.27. The molecular formula is C25H21F3O2. The molecule has 0 bridgehead atoms. The average molecular weight is 410 g/mol. The number of ether oxygens (including phenoxy) is 2. The molecule has 5 heteroatoms. The molecule has 0 unspecified atom stereocenters. The first kappa shape index (κ1) is 20.4. The lowest BCUT2D eigenvalue weighted by molar-refractivity contribution is -0.108. The molecule has 0 aromatic heterocycles. The second kappa shape index (κ2) is 8.86. The maximum Gasteiger partial charge on any atom is 0.166 e. The molecule has 3 aromatic rings. The molecule has 0 saturated carbocycles. The lowest BCUT2D eigenvalue weighted by atomic mass is 9.95. The van der Waals surface area contributed by atoms with Gasteiger partial charge in [0.25, 0.3) is 0 Å². The van der Waals surface area contributed by atoms with Crippen LogP contribution in [0.3, 0.4) is 0 Å². The summed E-state index contributed by atoms with van der Waals surface area (Å²) in [7, 11) is 0. The van der Waals surface area contributed by atoms with Gasteiger partial charge in [-0.2, -0.15) is 0 Å². The van der Waals surface area contributed by atoms with Crippen LogP contribution in [0, 0.1) is 17.5 Å². The van der Waals surface area contributed by atoms with E-state index in [2.05, 4.69) is 6.58 Å². The summed E-state index contributed by atoms with van der Waals surface area (Å²) in [5.41, 5.74) is 2.87. The van der Waals surface area contributed by atoms with E-state index in [0.29, 0.717) is 29.9 Å². The molecule has 3 aromatic carbocycles. The van der Waals surface area contributed by atoms with Crippen LogP contribution in [0.25, 0.3) is 22.3 Å². The number of benzene rings is 3. The first-order valence-electron chi connectivity index (χ1n) is 9.72. The van der Waals surface area contributed by atoms with Crippen LogP contribution >= 0.6 is 0 Å². The van der Waals surface area contributed by atoms with Gasteiger partial charge < -0.3 is 9.47 Å². The largest absolute Gasteiger partial charge is 0.355 e. The molecule has 1 aliphatic rings. The normalized spacial score (nSPS) is 14.6. The van der Waals surface area contributed by atoms with Gasteiger partial charge in [-0.05, 0) is 34.7 Å². The highest BCUT2D eigenvalue weighted by atomic mass is 19.2. The van der Waals surface area contributed by atoms with Crippen LogP contribution in [0.1, 0.15) is 17.0 Å². The molecule has 1 heterocycles. The average Bonchev–Trinajstić information content (AvgIpc) is 2.78. The third kappa shape index (κ3) is 4.04. The highest BCUT2D eigenvalue weighted by Gasteiger charge is 2.19. The van der Waals surface area contributed by atoms with Crippen molar-refractivity contribution in [1.29, 1.82) is 0 Å².